The van der Waals surface area contributed by atoms with E-state index in [4.69, 9.17) is 18.6 Å². The smallest absolute Gasteiger partial charge is 0.342 e. The zero-order chi connectivity index (χ0) is 17.4. The second-order valence-corrected chi connectivity index (χ2v) is 4.82. The minimum atomic E-state index is -0.596. The second kappa shape index (κ2) is 8.61. The molecular formula is C17H19NO6. The summed E-state index contributed by atoms with van der Waals surface area (Å²) in [6, 6.07) is 8.72. The fraction of sp³-hybridized carbons (Fsp3) is 0.294. The van der Waals surface area contributed by atoms with Crippen molar-refractivity contribution in [2.24, 2.45) is 0 Å². The molecule has 128 valence electrons. The number of benzene rings is 1. The van der Waals surface area contributed by atoms with Crippen molar-refractivity contribution >= 4 is 11.9 Å². The fourth-order valence-electron chi connectivity index (χ4n) is 1.95. The average molecular weight is 333 g/mol. The predicted octanol–water partition coefficient (Wildman–Crippen LogP) is 1.95. The Morgan fingerprint density at radius 1 is 1.17 bits per heavy atom. The predicted molar refractivity (Wildman–Crippen MR) is 85.2 cm³/mol. The van der Waals surface area contributed by atoms with Crippen molar-refractivity contribution in [2.75, 3.05) is 26.9 Å². The third-order valence-electron chi connectivity index (χ3n) is 3.16. The van der Waals surface area contributed by atoms with Crippen molar-refractivity contribution in [1.82, 2.24) is 5.32 Å². The van der Waals surface area contributed by atoms with Crippen LogP contribution in [0.3, 0.4) is 0 Å². The Balaban J connectivity index is 1.67. The zero-order valence-corrected chi connectivity index (χ0v) is 13.5. The summed E-state index contributed by atoms with van der Waals surface area (Å²) < 4.78 is 20.6. The number of hydrogen-bond donors (Lipinski definition) is 1. The fourth-order valence-corrected chi connectivity index (χ4v) is 1.95. The van der Waals surface area contributed by atoms with Gasteiger partial charge in [-0.25, -0.2) is 4.79 Å². The number of nitrogens with one attached hydrogen (secondary N) is 1. The Hall–Kier alpha value is -2.96. The van der Waals surface area contributed by atoms with Gasteiger partial charge in [0.1, 0.15) is 17.9 Å². The first-order valence-corrected chi connectivity index (χ1v) is 7.35. The summed E-state index contributed by atoms with van der Waals surface area (Å²) in [7, 11) is 1.56. The third kappa shape index (κ3) is 4.77. The van der Waals surface area contributed by atoms with Gasteiger partial charge in [0, 0.05) is 0 Å². The summed E-state index contributed by atoms with van der Waals surface area (Å²) in [5.74, 6) is 0.657. The molecule has 2 rings (SSSR count). The van der Waals surface area contributed by atoms with E-state index < -0.39 is 11.9 Å². The van der Waals surface area contributed by atoms with E-state index in [0.717, 1.165) is 0 Å². The molecule has 0 saturated heterocycles. The van der Waals surface area contributed by atoms with Crippen LogP contribution in [0.4, 0.5) is 0 Å². The largest absolute Gasteiger partial charge is 0.493 e. The van der Waals surface area contributed by atoms with E-state index >= 15 is 0 Å². The Morgan fingerprint density at radius 2 is 1.92 bits per heavy atom. The van der Waals surface area contributed by atoms with Gasteiger partial charge in [-0.3, -0.25) is 4.79 Å². The Bertz CT molecular complexity index is 694. The SMILES string of the molecule is COc1ccccc1OCCNC(=O)COC(=O)c1ccoc1C. The summed E-state index contributed by atoms with van der Waals surface area (Å²) in [6.45, 7) is 1.82. The van der Waals surface area contributed by atoms with Crippen LogP contribution in [0.5, 0.6) is 11.5 Å². The maximum absolute atomic E-state index is 11.7. The number of ether oxygens (including phenoxy) is 3. The van der Waals surface area contributed by atoms with Crippen LogP contribution in [0.25, 0.3) is 0 Å². The number of carbonyl (C=O) groups is 2. The van der Waals surface area contributed by atoms with Crippen LogP contribution in [0.2, 0.25) is 0 Å². The van der Waals surface area contributed by atoms with Gasteiger partial charge >= 0.3 is 5.97 Å². The van der Waals surface area contributed by atoms with Gasteiger partial charge in [0.15, 0.2) is 18.1 Å². The van der Waals surface area contributed by atoms with E-state index in [1.807, 2.05) is 12.1 Å². The minimum Gasteiger partial charge on any atom is -0.493 e. The average Bonchev–Trinajstić information content (AvgIpc) is 3.03. The van der Waals surface area contributed by atoms with E-state index in [9.17, 15) is 9.59 Å². The Labute approximate surface area is 139 Å². The lowest BCUT2D eigenvalue weighted by molar-refractivity contribution is -0.124. The molecule has 7 nitrogen and oxygen atoms in total. The van der Waals surface area contributed by atoms with Crippen molar-refractivity contribution < 1.29 is 28.2 Å². The van der Waals surface area contributed by atoms with Gasteiger partial charge in [0.25, 0.3) is 5.91 Å². The van der Waals surface area contributed by atoms with Gasteiger partial charge in [-0.2, -0.15) is 0 Å². The van der Waals surface area contributed by atoms with E-state index in [1.54, 1.807) is 26.2 Å². The maximum atomic E-state index is 11.7. The number of amides is 1. The first-order chi connectivity index (χ1) is 11.6. The van der Waals surface area contributed by atoms with E-state index in [2.05, 4.69) is 5.32 Å². The standard InChI is InChI=1S/C17H19NO6/c1-12-13(7-9-22-12)17(20)24-11-16(19)18-8-10-23-15-6-4-3-5-14(15)21-2/h3-7,9H,8,10-11H2,1-2H3,(H,18,19). The highest BCUT2D eigenvalue weighted by Crippen LogP contribution is 2.25. The molecule has 2 aromatic rings. The van der Waals surface area contributed by atoms with Crippen LogP contribution in [-0.2, 0) is 9.53 Å². The number of carbonyl (C=O) groups excluding carboxylic acids is 2. The number of para-hydroxylation sites is 2. The third-order valence-corrected chi connectivity index (χ3v) is 3.16. The van der Waals surface area contributed by atoms with Crippen molar-refractivity contribution in [2.45, 2.75) is 6.92 Å². The molecule has 0 atom stereocenters. The number of aryl methyl sites for hydroxylation is 1. The molecule has 0 radical (unpaired) electrons. The van der Waals surface area contributed by atoms with Crippen LogP contribution in [0, 0.1) is 6.92 Å². The molecule has 0 unspecified atom stereocenters. The Morgan fingerprint density at radius 3 is 2.58 bits per heavy atom. The van der Waals surface area contributed by atoms with Crippen molar-refractivity contribution in [3.63, 3.8) is 0 Å². The topological polar surface area (TPSA) is 87.0 Å². The molecule has 24 heavy (non-hydrogen) atoms. The normalized spacial score (nSPS) is 10.1. The summed E-state index contributed by atoms with van der Waals surface area (Å²) >= 11 is 0. The second-order valence-electron chi connectivity index (χ2n) is 4.82. The van der Waals surface area contributed by atoms with Gasteiger partial charge in [0.05, 0.1) is 19.9 Å². The maximum Gasteiger partial charge on any atom is 0.342 e. The number of esters is 1. The molecule has 1 aromatic heterocycles. The van der Waals surface area contributed by atoms with Crippen molar-refractivity contribution in [1.29, 1.82) is 0 Å². The van der Waals surface area contributed by atoms with Gasteiger partial charge in [-0.1, -0.05) is 12.1 Å². The summed E-state index contributed by atoms with van der Waals surface area (Å²) in [5, 5.41) is 2.60. The van der Waals surface area contributed by atoms with E-state index in [0.29, 0.717) is 22.8 Å². The van der Waals surface area contributed by atoms with Gasteiger partial charge in [-0.05, 0) is 25.1 Å². The first-order valence-electron chi connectivity index (χ1n) is 7.35. The number of furan rings is 1. The lowest BCUT2D eigenvalue weighted by atomic mass is 10.3. The molecule has 0 bridgehead atoms. The lowest BCUT2D eigenvalue weighted by Gasteiger charge is -2.11. The molecule has 1 aromatic carbocycles. The Kier molecular flexibility index (Phi) is 6.24. The first kappa shape index (κ1) is 17.4. The monoisotopic (exact) mass is 333 g/mol. The van der Waals surface area contributed by atoms with Crippen LogP contribution < -0.4 is 14.8 Å². The van der Waals surface area contributed by atoms with Crippen LogP contribution in [-0.4, -0.2) is 38.7 Å². The quantitative estimate of drug-likeness (QED) is 0.587. The number of methoxy groups -OCH3 is 1. The summed E-state index contributed by atoms with van der Waals surface area (Å²) in [6.07, 6.45) is 1.39. The molecule has 0 aliphatic carbocycles. The summed E-state index contributed by atoms with van der Waals surface area (Å²) in [4.78, 5) is 23.4. The van der Waals surface area contributed by atoms with E-state index in [-0.39, 0.29) is 19.8 Å². The van der Waals surface area contributed by atoms with Crippen molar-refractivity contribution in [3.05, 3.63) is 47.9 Å². The van der Waals surface area contributed by atoms with Crippen molar-refractivity contribution in [3.8, 4) is 11.5 Å². The molecule has 0 spiro atoms. The molecule has 0 fully saturated rings. The molecule has 1 heterocycles. The highest BCUT2D eigenvalue weighted by molar-refractivity contribution is 5.92. The van der Waals surface area contributed by atoms with E-state index in [1.165, 1.54) is 12.3 Å². The lowest BCUT2D eigenvalue weighted by Crippen LogP contribution is -2.32. The zero-order valence-electron chi connectivity index (χ0n) is 13.5. The summed E-state index contributed by atoms with van der Waals surface area (Å²) in [5.41, 5.74) is 0.308. The van der Waals surface area contributed by atoms with Crippen LogP contribution >= 0.6 is 0 Å². The molecule has 0 aliphatic heterocycles. The van der Waals surface area contributed by atoms with Crippen LogP contribution in [0.15, 0.2) is 41.0 Å². The molecule has 0 aliphatic rings. The highest BCUT2D eigenvalue weighted by atomic mass is 16.5. The van der Waals surface area contributed by atoms with Gasteiger partial charge < -0.3 is 23.9 Å². The minimum absolute atomic E-state index is 0.265. The number of rotatable bonds is 8. The molecule has 1 amide bonds. The molecular weight excluding hydrogens is 314 g/mol. The molecule has 0 saturated carbocycles. The number of hydrogen-bond acceptors (Lipinski definition) is 6. The molecule has 1 N–H and O–H groups in total. The van der Waals surface area contributed by atoms with Gasteiger partial charge in [-0.15, -0.1) is 0 Å². The highest BCUT2D eigenvalue weighted by Gasteiger charge is 2.14. The van der Waals surface area contributed by atoms with Gasteiger partial charge in [0.2, 0.25) is 0 Å². The molecule has 7 heteroatoms. The van der Waals surface area contributed by atoms with Crippen LogP contribution in [0.1, 0.15) is 16.1 Å².